The van der Waals surface area contributed by atoms with Crippen LogP contribution in [0.2, 0.25) is 0 Å². The van der Waals surface area contributed by atoms with Gasteiger partial charge in [-0.3, -0.25) is 33.6 Å². The van der Waals surface area contributed by atoms with Crippen LogP contribution in [0.5, 0.6) is 5.75 Å². The smallest absolute Gasteiger partial charge is 0.332 e. The van der Waals surface area contributed by atoms with Crippen molar-refractivity contribution in [3.05, 3.63) is 76.9 Å². The Hall–Kier alpha value is -5.96. The summed E-state index contributed by atoms with van der Waals surface area (Å²) in [5.41, 5.74) is 0.180. The number of nitrogens with zero attached hydrogens (tertiary/aromatic N) is 1. The number of carboxylic acid groups (broad SMARTS) is 1. The largest absolute Gasteiger partial charge is 0.497 e. The Bertz CT molecular complexity index is 2350. The molecule has 10 atom stereocenters. The Labute approximate surface area is 412 Å². The van der Waals surface area contributed by atoms with Crippen LogP contribution in [0, 0.1) is 11.8 Å². The lowest BCUT2D eigenvalue weighted by Crippen LogP contribution is -2.63. The van der Waals surface area contributed by atoms with Crippen LogP contribution in [0.4, 0.5) is 0 Å². The molecule has 5 rings (SSSR count). The number of aliphatic hydroxyl groups is 6. The van der Waals surface area contributed by atoms with Gasteiger partial charge in [-0.25, -0.2) is 4.79 Å². The van der Waals surface area contributed by atoms with Crippen LogP contribution in [0.3, 0.4) is 0 Å². The lowest BCUT2D eigenvalue weighted by Gasteiger charge is -2.35. The molecule has 0 spiro atoms. The van der Waals surface area contributed by atoms with E-state index >= 15 is 0 Å². The molecule has 2 aliphatic carbocycles. The van der Waals surface area contributed by atoms with E-state index in [0.717, 1.165) is 16.2 Å². The molecule has 1 heterocycles. The minimum atomic E-state index is -2.49. The number of unbranched alkanes of at least 4 members (excludes halogenated alkanes) is 2. The fraction of sp³-hybridized carbons (Fsp3) is 0.538. The number of aliphatic hydroxyl groups excluding tert-OH is 5. The summed E-state index contributed by atoms with van der Waals surface area (Å²) in [7, 11) is 2.79. The van der Waals surface area contributed by atoms with Gasteiger partial charge in [-0.15, -0.1) is 0 Å². The number of Topliss-reactive ketones (excluding diaryl/α,β-unsaturated/α-hetero) is 4. The summed E-state index contributed by atoms with van der Waals surface area (Å²) in [6.45, 7) is 0.996. The Morgan fingerprint density at radius 3 is 2.27 bits per heavy atom. The third-order valence-corrected chi connectivity index (χ3v) is 13.8. The molecule has 71 heavy (non-hydrogen) atoms. The van der Waals surface area contributed by atoms with E-state index in [4.69, 9.17) is 4.74 Å². The number of amides is 3. The highest BCUT2D eigenvalue weighted by molar-refractivity contribution is 6.01. The lowest BCUT2D eigenvalue weighted by atomic mass is 9.85. The van der Waals surface area contributed by atoms with Crippen molar-refractivity contribution in [2.75, 3.05) is 20.7 Å². The Morgan fingerprint density at radius 2 is 1.58 bits per heavy atom. The second-order valence-corrected chi connectivity index (χ2v) is 19.2. The first-order chi connectivity index (χ1) is 33.6. The third-order valence-electron chi connectivity index (χ3n) is 13.8. The van der Waals surface area contributed by atoms with Crippen LogP contribution in [0.15, 0.2) is 60.2 Å². The van der Waals surface area contributed by atoms with Crippen molar-refractivity contribution < 1.29 is 78.8 Å². The standard InChI is InChI=1S/C52H67N3O16/c1-29(10-6-4-5-7-11-30-14-19-36(71-3)20-15-30)45(63)47(65)44-48(66)50(67)54-49-46(64)41(60)26-52(49,70)27-43(62)55(2)28-35(58)22-32(24-38-37-13-9-8-12-31(37)23-39(38)51(68)69)40(59)21-18-33(56)16-17-34(57)25-42(61)53-44/h7-9,11-15,19-20,29,32,34,44-49,57,63-66,70H,4-6,10,16-18,21-28H2,1-3H3,(H,53,61)(H,54,67)(H,68,69)/b11-7+/t29?,32-,34+,44?,45+,46+,47+,48+,49?,52+/m1/s1. The molecule has 19 heteroatoms. The zero-order valence-corrected chi connectivity index (χ0v) is 40.3. The van der Waals surface area contributed by atoms with Gasteiger partial charge in [0.1, 0.15) is 35.1 Å². The Balaban J connectivity index is 1.34. The molecule has 0 aromatic heterocycles. The van der Waals surface area contributed by atoms with Crippen molar-refractivity contribution >= 4 is 58.5 Å². The number of methoxy groups -OCH3 is 1. The fourth-order valence-electron chi connectivity index (χ4n) is 9.50. The molecule has 0 bridgehead atoms. The van der Waals surface area contributed by atoms with Gasteiger partial charge < -0.3 is 56.0 Å². The first kappa shape index (κ1) is 56.0. The van der Waals surface area contributed by atoms with Gasteiger partial charge in [0.25, 0.3) is 5.91 Å². The molecule has 1 saturated heterocycles. The van der Waals surface area contributed by atoms with E-state index in [2.05, 4.69) is 10.6 Å². The molecular formula is C52H67N3O16. The molecule has 386 valence electrons. The zero-order valence-electron chi connectivity index (χ0n) is 40.3. The van der Waals surface area contributed by atoms with E-state index in [9.17, 15) is 74.1 Å². The highest BCUT2D eigenvalue weighted by Crippen LogP contribution is 2.39. The average molecular weight is 990 g/mol. The predicted octanol–water partition coefficient (Wildman–Crippen LogP) is 1.39. The van der Waals surface area contributed by atoms with E-state index in [1.54, 1.807) is 38.3 Å². The number of ether oxygens (including phenoxy) is 1. The maximum Gasteiger partial charge on any atom is 0.332 e. The summed E-state index contributed by atoms with van der Waals surface area (Å²) >= 11 is 0. The van der Waals surface area contributed by atoms with Crippen molar-refractivity contribution in [2.45, 2.75) is 145 Å². The summed E-state index contributed by atoms with van der Waals surface area (Å²) in [5, 5.41) is 82.3. The van der Waals surface area contributed by atoms with Gasteiger partial charge in [0.2, 0.25) is 11.8 Å². The first-order valence-electron chi connectivity index (χ1n) is 24.0. The van der Waals surface area contributed by atoms with E-state index in [1.807, 2.05) is 36.4 Å². The van der Waals surface area contributed by atoms with Gasteiger partial charge in [0.05, 0.1) is 50.8 Å². The summed E-state index contributed by atoms with van der Waals surface area (Å²) in [6.07, 6.45) is -7.72. The summed E-state index contributed by atoms with van der Waals surface area (Å²) < 4.78 is 5.18. The van der Waals surface area contributed by atoms with Crippen LogP contribution < -0.4 is 15.4 Å². The van der Waals surface area contributed by atoms with E-state index in [-0.39, 0.29) is 44.1 Å². The van der Waals surface area contributed by atoms with E-state index < -0.39 is 139 Å². The first-order valence-corrected chi connectivity index (χ1v) is 24.0. The number of ketones is 4. The number of likely N-dealkylation sites (N-methyl/N-ethyl adjacent to an activating group) is 1. The van der Waals surface area contributed by atoms with Gasteiger partial charge in [0.15, 0.2) is 17.7 Å². The van der Waals surface area contributed by atoms with Gasteiger partial charge >= 0.3 is 5.97 Å². The molecule has 1 saturated carbocycles. The lowest BCUT2D eigenvalue weighted by molar-refractivity contribution is -0.145. The molecular weight excluding hydrogens is 923 g/mol. The number of benzene rings is 2. The average Bonchev–Trinajstić information content (AvgIpc) is 3.80. The predicted molar refractivity (Wildman–Crippen MR) is 256 cm³/mol. The Morgan fingerprint density at radius 1 is 0.873 bits per heavy atom. The van der Waals surface area contributed by atoms with Crippen molar-refractivity contribution in [3.63, 3.8) is 0 Å². The minimum Gasteiger partial charge on any atom is -0.497 e. The van der Waals surface area contributed by atoms with Gasteiger partial charge in [-0.1, -0.05) is 61.9 Å². The molecule has 3 amide bonds. The number of rotatable bonds is 13. The number of hydrogen-bond donors (Lipinski definition) is 9. The number of carbonyl (C=O) groups excluding carboxylic acids is 7. The van der Waals surface area contributed by atoms with Gasteiger partial charge in [0, 0.05) is 57.1 Å². The summed E-state index contributed by atoms with van der Waals surface area (Å²) in [4.78, 5) is 108. The van der Waals surface area contributed by atoms with Crippen molar-refractivity contribution in [3.8, 4) is 5.75 Å². The molecule has 2 fully saturated rings. The van der Waals surface area contributed by atoms with Crippen molar-refractivity contribution in [1.82, 2.24) is 15.5 Å². The van der Waals surface area contributed by atoms with E-state index in [0.29, 0.717) is 42.4 Å². The minimum absolute atomic E-state index is 0.0426. The normalized spacial score (nSPS) is 27.2. The molecule has 9 N–H and O–H groups in total. The van der Waals surface area contributed by atoms with Crippen LogP contribution in [0.1, 0.15) is 107 Å². The second-order valence-electron chi connectivity index (χ2n) is 19.2. The third kappa shape index (κ3) is 15.0. The number of carboxylic acids is 1. The maximum atomic E-state index is 13.9. The number of carbonyl (C=O) groups is 8. The van der Waals surface area contributed by atoms with Crippen LogP contribution in [0.25, 0.3) is 11.6 Å². The second kappa shape index (κ2) is 25.4. The number of allylic oxidation sites excluding steroid dienone is 2. The van der Waals surface area contributed by atoms with Crippen molar-refractivity contribution in [2.24, 2.45) is 11.8 Å². The van der Waals surface area contributed by atoms with Gasteiger partial charge in [-0.2, -0.15) is 0 Å². The number of nitrogens with one attached hydrogen (secondary N) is 2. The SMILES string of the molecule is COc1ccc(/C=C/CCCCC(C)[C@H](O)[C@@H](O)C2NC(=O)C[C@@H](O)CCC(=O)CCC(=O)[C@@H](CC3=C(C(=O)O)Cc4ccccc43)CC(=O)CN(C)C(=O)C[C@@]3(O)CC(=O)[C@H](O)C3NC(=O)[C@H]2O)cc1. The number of hydrogen-bond acceptors (Lipinski definition) is 15. The van der Waals surface area contributed by atoms with Crippen molar-refractivity contribution in [1.29, 1.82) is 0 Å². The van der Waals surface area contributed by atoms with Crippen LogP contribution in [-0.4, -0.2) is 156 Å². The fourth-order valence-corrected chi connectivity index (χ4v) is 9.50. The maximum absolute atomic E-state index is 13.9. The summed E-state index contributed by atoms with van der Waals surface area (Å²) in [6, 6.07) is 10.5. The molecule has 19 nitrogen and oxygen atoms in total. The van der Waals surface area contributed by atoms with Crippen LogP contribution in [-0.2, 0) is 44.8 Å². The molecule has 1 aliphatic heterocycles. The van der Waals surface area contributed by atoms with Crippen LogP contribution >= 0.6 is 0 Å². The zero-order chi connectivity index (χ0) is 52.2. The number of fused-ring (bicyclic) bond motifs is 2. The van der Waals surface area contributed by atoms with Gasteiger partial charge in [-0.05, 0) is 72.4 Å². The highest BCUT2D eigenvalue weighted by atomic mass is 16.5. The van der Waals surface area contributed by atoms with E-state index in [1.165, 1.54) is 7.05 Å². The molecule has 3 aliphatic rings. The number of aliphatic carboxylic acids is 1. The summed E-state index contributed by atoms with van der Waals surface area (Å²) in [5.74, 6) is -8.29. The molecule has 2 aromatic rings. The monoisotopic (exact) mass is 989 g/mol. The highest BCUT2D eigenvalue weighted by Gasteiger charge is 2.55. The molecule has 3 unspecified atom stereocenters. The topological polar surface area (TPSA) is 315 Å². The molecule has 0 radical (unpaired) electrons. The quantitative estimate of drug-likeness (QED) is 0.128. The molecule has 2 aromatic carbocycles. The Kier molecular flexibility index (Phi) is 20.0.